The SMILES string of the molecule is Cc1ccc(NS(=O)(=O)c2cc(C(=O)NCCOc3ccc(S(=O)(=O)N4CCCC4)cc3)ccc2C)cc1. The van der Waals surface area contributed by atoms with Crippen molar-refractivity contribution in [3.05, 3.63) is 83.4 Å². The second-order valence-electron chi connectivity index (χ2n) is 9.14. The maximum Gasteiger partial charge on any atom is 0.262 e. The number of ether oxygens (including phenoxy) is 1. The van der Waals surface area contributed by atoms with Gasteiger partial charge in [0.05, 0.1) is 16.3 Å². The number of hydrogen-bond acceptors (Lipinski definition) is 6. The third-order valence-electron chi connectivity index (χ3n) is 6.23. The van der Waals surface area contributed by atoms with E-state index in [2.05, 4.69) is 10.0 Å². The Balaban J connectivity index is 1.32. The molecule has 0 radical (unpaired) electrons. The first-order valence-electron chi connectivity index (χ1n) is 12.3. The number of amides is 1. The van der Waals surface area contributed by atoms with Crippen molar-refractivity contribution in [2.24, 2.45) is 0 Å². The van der Waals surface area contributed by atoms with Crippen LogP contribution < -0.4 is 14.8 Å². The van der Waals surface area contributed by atoms with Crippen molar-refractivity contribution in [3.8, 4) is 5.75 Å². The lowest BCUT2D eigenvalue weighted by Gasteiger charge is -2.15. The van der Waals surface area contributed by atoms with Gasteiger partial charge in [0, 0.05) is 24.3 Å². The summed E-state index contributed by atoms with van der Waals surface area (Å²) in [7, 11) is -7.38. The summed E-state index contributed by atoms with van der Waals surface area (Å²) in [5.74, 6) is 0.0398. The number of anilines is 1. The number of aryl methyl sites for hydroxylation is 2. The van der Waals surface area contributed by atoms with Gasteiger partial charge in [0.25, 0.3) is 15.9 Å². The van der Waals surface area contributed by atoms with E-state index >= 15 is 0 Å². The number of rotatable bonds is 10. The molecule has 0 unspecified atom stereocenters. The molecule has 3 aromatic rings. The molecule has 1 fully saturated rings. The first-order chi connectivity index (χ1) is 18.1. The van der Waals surface area contributed by atoms with Gasteiger partial charge in [-0.05, 0) is 80.8 Å². The molecule has 0 spiro atoms. The van der Waals surface area contributed by atoms with Gasteiger partial charge < -0.3 is 10.1 Å². The summed E-state index contributed by atoms with van der Waals surface area (Å²) in [6.45, 7) is 4.98. The van der Waals surface area contributed by atoms with Crippen molar-refractivity contribution in [2.45, 2.75) is 36.5 Å². The standard InChI is InChI=1S/C27H31N3O6S2/c1-20-5-9-23(10-6-20)29-37(32,33)26-19-22(8-7-21(26)2)27(31)28-15-18-36-24-11-13-25(14-12-24)38(34,35)30-16-3-4-17-30/h5-14,19,29H,3-4,15-18H2,1-2H3,(H,28,31). The summed E-state index contributed by atoms with van der Waals surface area (Å²) in [6, 6.07) is 17.7. The van der Waals surface area contributed by atoms with Crippen LogP contribution in [-0.2, 0) is 20.0 Å². The predicted molar refractivity (Wildman–Crippen MR) is 145 cm³/mol. The average molecular weight is 558 g/mol. The van der Waals surface area contributed by atoms with E-state index in [1.807, 2.05) is 19.1 Å². The lowest BCUT2D eigenvalue weighted by atomic mass is 10.1. The molecule has 0 bridgehead atoms. The van der Waals surface area contributed by atoms with Crippen LogP contribution in [0.15, 0.2) is 76.5 Å². The quantitative estimate of drug-likeness (QED) is 0.367. The van der Waals surface area contributed by atoms with Crippen LogP contribution in [0.1, 0.15) is 34.3 Å². The molecule has 0 saturated carbocycles. The van der Waals surface area contributed by atoms with E-state index in [4.69, 9.17) is 4.74 Å². The van der Waals surface area contributed by atoms with Crippen LogP contribution in [0.5, 0.6) is 5.75 Å². The van der Waals surface area contributed by atoms with Crippen molar-refractivity contribution in [1.29, 1.82) is 0 Å². The van der Waals surface area contributed by atoms with Gasteiger partial charge in [0.2, 0.25) is 10.0 Å². The van der Waals surface area contributed by atoms with E-state index in [1.54, 1.807) is 43.3 Å². The van der Waals surface area contributed by atoms with Gasteiger partial charge in [0.1, 0.15) is 12.4 Å². The highest BCUT2D eigenvalue weighted by atomic mass is 32.2. The number of nitrogens with zero attached hydrogens (tertiary/aromatic N) is 1. The first kappa shape index (κ1) is 27.6. The Kier molecular flexibility index (Phi) is 8.39. The van der Waals surface area contributed by atoms with E-state index in [0.717, 1.165) is 18.4 Å². The summed E-state index contributed by atoms with van der Waals surface area (Å²) < 4.78 is 60.8. The lowest BCUT2D eigenvalue weighted by Crippen LogP contribution is -2.28. The van der Waals surface area contributed by atoms with Crippen LogP contribution in [0.25, 0.3) is 0 Å². The number of nitrogens with one attached hydrogen (secondary N) is 2. The Morgan fingerprint density at radius 1 is 0.895 bits per heavy atom. The normalized spacial score (nSPS) is 14.3. The molecule has 202 valence electrons. The Morgan fingerprint density at radius 3 is 2.21 bits per heavy atom. The third-order valence-corrected chi connectivity index (χ3v) is 9.66. The fourth-order valence-corrected chi connectivity index (χ4v) is 6.93. The smallest absolute Gasteiger partial charge is 0.262 e. The summed E-state index contributed by atoms with van der Waals surface area (Å²) in [5, 5.41) is 2.71. The summed E-state index contributed by atoms with van der Waals surface area (Å²) in [6.07, 6.45) is 1.74. The van der Waals surface area contributed by atoms with Gasteiger partial charge in [-0.1, -0.05) is 23.8 Å². The highest BCUT2D eigenvalue weighted by Crippen LogP contribution is 2.23. The highest BCUT2D eigenvalue weighted by Gasteiger charge is 2.27. The van der Waals surface area contributed by atoms with Crippen molar-refractivity contribution < 1.29 is 26.4 Å². The number of carbonyl (C=O) groups is 1. The zero-order valence-electron chi connectivity index (χ0n) is 21.3. The van der Waals surface area contributed by atoms with E-state index in [1.165, 1.54) is 22.5 Å². The molecule has 2 N–H and O–H groups in total. The van der Waals surface area contributed by atoms with Crippen LogP contribution >= 0.6 is 0 Å². The van der Waals surface area contributed by atoms with Gasteiger partial charge in [-0.25, -0.2) is 16.8 Å². The van der Waals surface area contributed by atoms with Crippen molar-refractivity contribution in [2.75, 3.05) is 31.0 Å². The van der Waals surface area contributed by atoms with Gasteiger partial charge in [-0.15, -0.1) is 0 Å². The molecule has 1 heterocycles. The molecule has 0 aromatic heterocycles. The van der Waals surface area contributed by atoms with E-state index < -0.39 is 26.0 Å². The molecule has 1 amide bonds. The zero-order chi connectivity index (χ0) is 27.3. The molecule has 1 saturated heterocycles. The molecule has 1 aliphatic heterocycles. The topological polar surface area (TPSA) is 122 Å². The molecule has 3 aromatic carbocycles. The van der Waals surface area contributed by atoms with Crippen LogP contribution in [0.3, 0.4) is 0 Å². The Morgan fingerprint density at radius 2 is 1.55 bits per heavy atom. The maximum atomic E-state index is 13.0. The Bertz CT molecular complexity index is 1500. The molecular weight excluding hydrogens is 526 g/mol. The van der Waals surface area contributed by atoms with Gasteiger partial charge in [-0.3, -0.25) is 9.52 Å². The van der Waals surface area contributed by atoms with E-state index in [9.17, 15) is 21.6 Å². The van der Waals surface area contributed by atoms with Crippen LogP contribution in [0.2, 0.25) is 0 Å². The zero-order valence-corrected chi connectivity index (χ0v) is 22.9. The summed E-state index contributed by atoms with van der Waals surface area (Å²) in [5.41, 5.74) is 2.16. The molecule has 4 rings (SSSR count). The molecule has 38 heavy (non-hydrogen) atoms. The summed E-state index contributed by atoms with van der Waals surface area (Å²) >= 11 is 0. The van der Waals surface area contributed by atoms with Crippen molar-refractivity contribution in [1.82, 2.24) is 9.62 Å². The molecule has 0 atom stereocenters. The summed E-state index contributed by atoms with van der Waals surface area (Å²) in [4.78, 5) is 12.9. The molecule has 9 nitrogen and oxygen atoms in total. The molecule has 11 heteroatoms. The van der Waals surface area contributed by atoms with Crippen LogP contribution in [-0.4, -0.2) is 53.3 Å². The monoisotopic (exact) mass is 557 g/mol. The van der Waals surface area contributed by atoms with Gasteiger partial charge >= 0.3 is 0 Å². The lowest BCUT2D eigenvalue weighted by molar-refractivity contribution is 0.0946. The molecule has 1 aliphatic rings. The van der Waals surface area contributed by atoms with Crippen LogP contribution in [0, 0.1) is 13.8 Å². The number of sulfonamides is 2. The minimum atomic E-state index is -3.89. The molecule has 0 aliphatic carbocycles. The third kappa shape index (κ3) is 6.53. The second kappa shape index (κ2) is 11.5. The number of benzene rings is 3. The fraction of sp³-hybridized carbons (Fsp3) is 0.296. The minimum Gasteiger partial charge on any atom is -0.492 e. The van der Waals surface area contributed by atoms with Gasteiger partial charge in [0.15, 0.2) is 0 Å². The van der Waals surface area contributed by atoms with Crippen molar-refractivity contribution in [3.63, 3.8) is 0 Å². The van der Waals surface area contributed by atoms with E-state index in [0.29, 0.717) is 30.1 Å². The Labute approximate surface area is 223 Å². The van der Waals surface area contributed by atoms with Gasteiger partial charge in [-0.2, -0.15) is 4.31 Å². The Hall–Kier alpha value is -3.41. The van der Waals surface area contributed by atoms with Crippen LogP contribution in [0.4, 0.5) is 5.69 Å². The fourth-order valence-electron chi connectivity index (χ4n) is 4.08. The second-order valence-corrected chi connectivity index (χ2v) is 12.7. The van der Waals surface area contributed by atoms with E-state index in [-0.39, 0.29) is 28.5 Å². The first-order valence-corrected chi connectivity index (χ1v) is 15.2. The number of hydrogen-bond donors (Lipinski definition) is 2. The van der Waals surface area contributed by atoms with Crippen molar-refractivity contribution >= 4 is 31.6 Å². The highest BCUT2D eigenvalue weighted by molar-refractivity contribution is 7.92. The number of carbonyl (C=O) groups excluding carboxylic acids is 1. The predicted octanol–water partition coefficient (Wildman–Crippen LogP) is 3.70. The minimum absolute atomic E-state index is 0.0194. The largest absolute Gasteiger partial charge is 0.492 e. The molecular formula is C27H31N3O6S2. The maximum absolute atomic E-state index is 13.0. The average Bonchev–Trinajstić information content (AvgIpc) is 3.44.